The number of ether oxygens (including phenoxy) is 2. The van der Waals surface area contributed by atoms with Crippen LogP contribution in [0.2, 0.25) is 5.02 Å². The summed E-state index contributed by atoms with van der Waals surface area (Å²) in [5.41, 5.74) is 7.22. The Labute approximate surface area is 160 Å². The quantitative estimate of drug-likeness (QED) is 0.673. The van der Waals surface area contributed by atoms with Gasteiger partial charge >= 0.3 is 0 Å². The predicted octanol–water partition coefficient (Wildman–Crippen LogP) is 3.16. The van der Waals surface area contributed by atoms with Crippen LogP contribution in [0.4, 0.5) is 11.5 Å². The number of anilines is 2. The third-order valence-corrected chi connectivity index (χ3v) is 4.02. The van der Waals surface area contributed by atoms with Crippen molar-refractivity contribution in [3.8, 4) is 17.2 Å². The standard InChI is InChI=1S/C18H18ClN5O3/c1-3-27-13-7-5-12(6-8-13)24-17(20)16(22-23-24)18(25)21-11-4-9-15(26-2)14(19)10-11/h4-10H,3,20H2,1-2H3,(H,21,25). The van der Waals surface area contributed by atoms with Gasteiger partial charge in [-0.15, -0.1) is 5.10 Å². The van der Waals surface area contributed by atoms with E-state index in [2.05, 4.69) is 15.6 Å². The number of nitrogens with two attached hydrogens (primary N) is 1. The van der Waals surface area contributed by atoms with Crippen molar-refractivity contribution in [3.63, 3.8) is 0 Å². The summed E-state index contributed by atoms with van der Waals surface area (Å²) >= 11 is 6.07. The van der Waals surface area contributed by atoms with Gasteiger partial charge in [0.1, 0.15) is 11.5 Å². The van der Waals surface area contributed by atoms with E-state index >= 15 is 0 Å². The van der Waals surface area contributed by atoms with E-state index in [-0.39, 0.29) is 11.5 Å². The average Bonchev–Trinajstić information content (AvgIpc) is 3.04. The van der Waals surface area contributed by atoms with Crippen LogP contribution in [0, 0.1) is 0 Å². The highest BCUT2D eigenvalue weighted by molar-refractivity contribution is 6.32. The number of carbonyl (C=O) groups is 1. The molecule has 1 aromatic heterocycles. The number of nitrogens with one attached hydrogen (secondary N) is 1. The van der Waals surface area contributed by atoms with Crippen molar-refractivity contribution in [2.24, 2.45) is 0 Å². The van der Waals surface area contributed by atoms with Gasteiger partial charge in [0.25, 0.3) is 5.91 Å². The fourth-order valence-electron chi connectivity index (χ4n) is 2.43. The number of amides is 1. The molecule has 0 atom stereocenters. The van der Waals surface area contributed by atoms with Crippen molar-refractivity contribution >= 4 is 29.0 Å². The maximum absolute atomic E-state index is 12.5. The number of carbonyl (C=O) groups excluding carboxylic acids is 1. The number of rotatable bonds is 6. The molecule has 0 aliphatic rings. The number of aromatic nitrogens is 3. The lowest BCUT2D eigenvalue weighted by Crippen LogP contribution is -2.15. The zero-order valence-electron chi connectivity index (χ0n) is 14.8. The molecule has 3 aromatic rings. The predicted molar refractivity (Wildman–Crippen MR) is 103 cm³/mol. The number of methoxy groups -OCH3 is 1. The zero-order chi connectivity index (χ0) is 19.4. The van der Waals surface area contributed by atoms with Crippen molar-refractivity contribution < 1.29 is 14.3 Å². The molecule has 0 spiro atoms. The Kier molecular flexibility index (Phi) is 5.46. The van der Waals surface area contributed by atoms with Gasteiger partial charge in [0.05, 0.1) is 24.4 Å². The van der Waals surface area contributed by atoms with Crippen LogP contribution in [0.5, 0.6) is 11.5 Å². The van der Waals surface area contributed by atoms with Gasteiger partial charge in [-0.1, -0.05) is 16.8 Å². The molecule has 0 fully saturated rings. The van der Waals surface area contributed by atoms with E-state index in [1.807, 2.05) is 6.92 Å². The molecule has 1 heterocycles. The van der Waals surface area contributed by atoms with Gasteiger partial charge in [-0.05, 0) is 49.4 Å². The lowest BCUT2D eigenvalue weighted by molar-refractivity contribution is 0.102. The second-order valence-electron chi connectivity index (χ2n) is 5.47. The highest BCUT2D eigenvalue weighted by Gasteiger charge is 2.19. The molecule has 0 radical (unpaired) electrons. The first kappa shape index (κ1) is 18.5. The summed E-state index contributed by atoms with van der Waals surface area (Å²) < 4.78 is 11.9. The molecule has 3 N–H and O–H groups in total. The van der Waals surface area contributed by atoms with Gasteiger partial charge in [-0.25, -0.2) is 0 Å². The van der Waals surface area contributed by atoms with Gasteiger partial charge < -0.3 is 20.5 Å². The fraction of sp³-hybridized carbons (Fsp3) is 0.167. The summed E-state index contributed by atoms with van der Waals surface area (Å²) in [7, 11) is 1.51. The third-order valence-electron chi connectivity index (χ3n) is 3.72. The topological polar surface area (TPSA) is 104 Å². The number of hydrogen-bond donors (Lipinski definition) is 2. The molecule has 0 bridgehead atoms. The van der Waals surface area contributed by atoms with Crippen LogP contribution in [0.1, 0.15) is 17.4 Å². The molecule has 9 heteroatoms. The maximum atomic E-state index is 12.5. The van der Waals surface area contributed by atoms with Crippen molar-refractivity contribution in [1.82, 2.24) is 15.0 Å². The van der Waals surface area contributed by atoms with Gasteiger partial charge in [0, 0.05) is 5.69 Å². The van der Waals surface area contributed by atoms with Crippen LogP contribution in [0.15, 0.2) is 42.5 Å². The number of nitrogens with zero attached hydrogens (tertiary/aromatic N) is 3. The van der Waals surface area contributed by atoms with Crippen molar-refractivity contribution in [3.05, 3.63) is 53.2 Å². The molecule has 1 amide bonds. The van der Waals surface area contributed by atoms with Gasteiger partial charge in [0.15, 0.2) is 11.5 Å². The summed E-state index contributed by atoms with van der Waals surface area (Å²) in [6.45, 7) is 2.48. The van der Waals surface area contributed by atoms with Crippen molar-refractivity contribution in [1.29, 1.82) is 0 Å². The summed E-state index contributed by atoms with van der Waals surface area (Å²) in [4.78, 5) is 12.5. The van der Waals surface area contributed by atoms with Crippen molar-refractivity contribution in [2.45, 2.75) is 6.92 Å². The van der Waals surface area contributed by atoms with E-state index in [0.29, 0.717) is 28.8 Å². The van der Waals surface area contributed by atoms with Crippen molar-refractivity contribution in [2.75, 3.05) is 24.8 Å². The molecule has 0 aliphatic heterocycles. The molecule has 140 valence electrons. The zero-order valence-corrected chi connectivity index (χ0v) is 15.5. The number of benzene rings is 2. The Hall–Kier alpha value is -3.26. The maximum Gasteiger partial charge on any atom is 0.280 e. The summed E-state index contributed by atoms with van der Waals surface area (Å²) in [6, 6.07) is 12.0. The van der Waals surface area contributed by atoms with E-state index in [0.717, 1.165) is 5.75 Å². The highest BCUT2D eigenvalue weighted by Crippen LogP contribution is 2.27. The second-order valence-corrected chi connectivity index (χ2v) is 5.87. The summed E-state index contributed by atoms with van der Waals surface area (Å²) in [6.07, 6.45) is 0. The van der Waals surface area contributed by atoms with Crippen LogP contribution in [-0.2, 0) is 0 Å². The molecule has 0 saturated heterocycles. The first-order chi connectivity index (χ1) is 13.0. The van der Waals surface area contributed by atoms with E-state index in [1.165, 1.54) is 11.8 Å². The van der Waals surface area contributed by atoms with Gasteiger partial charge in [0.2, 0.25) is 0 Å². The van der Waals surface area contributed by atoms with E-state index in [4.69, 9.17) is 26.8 Å². The first-order valence-corrected chi connectivity index (χ1v) is 8.50. The molecular formula is C18H18ClN5O3. The van der Waals surface area contributed by atoms with Crippen LogP contribution >= 0.6 is 11.6 Å². The number of nitrogen functional groups attached to an aromatic ring is 1. The second kappa shape index (κ2) is 7.96. The van der Waals surface area contributed by atoms with Crippen LogP contribution in [0.3, 0.4) is 0 Å². The van der Waals surface area contributed by atoms with Gasteiger partial charge in [-0.3, -0.25) is 4.79 Å². The smallest absolute Gasteiger partial charge is 0.280 e. The molecule has 0 unspecified atom stereocenters. The molecular weight excluding hydrogens is 370 g/mol. The summed E-state index contributed by atoms with van der Waals surface area (Å²) in [5.74, 6) is 0.868. The number of halogens is 1. The Balaban J connectivity index is 1.79. The molecule has 0 saturated carbocycles. The number of hydrogen-bond acceptors (Lipinski definition) is 6. The highest BCUT2D eigenvalue weighted by atomic mass is 35.5. The molecule has 3 rings (SSSR count). The molecule has 0 aliphatic carbocycles. The SMILES string of the molecule is CCOc1ccc(-n2nnc(C(=O)Nc3ccc(OC)c(Cl)c3)c2N)cc1. The Morgan fingerprint density at radius 3 is 2.63 bits per heavy atom. The Bertz CT molecular complexity index is 956. The van der Waals surface area contributed by atoms with Crippen LogP contribution in [-0.4, -0.2) is 34.6 Å². The minimum absolute atomic E-state index is 0.0100. The minimum atomic E-state index is -0.495. The van der Waals surface area contributed by atoms with Crippen LogP contribution in [0.25, 0.3) is 5.69 Å². The normalized spacial score (nSPS) is 10.5. The lowest BCUT2D eigenvalue weighted by atomic mass is 10.2. The molecule has 27 heavy (non-hydrogen) atoms. The Morgan fingerprint density at radius 1 is 1.26 bits per heavy atom. The monoisotopic (exact) mass is 387 g/mol. The van der Waals surface area contributed by atoms with Crippen LogP contribution < -0.4 is 20.5 Å². The first-order valence-electron chi connectivity index (χ1n) is 8.12. The average molecular weight is 388 g/mol. The minimum Gasteiger partial charge on any atom is -0.495 e. The lowest BCUT2D eigenvalue weighted by Gasteiger charge is -2.08. The third kappa shape index (κ3) is 3.95. The van der Waals surface area contributed by atoms with E-state index in [1.54, 1.807) is 42.5 Å². The summed E-state index contributed by atoms with van der Waals surface area (Å²) in [5, 5.41) is 10.9. The fourth-order valence-corrected chi connectivity index (χ4v) is 2.68. The molecule has 2 aromatic carbocycles. The van der Waals surface area contributed by atoms with Gasteiger partial charge in [-0.2, -0.15) is 4.68 Å². The molecule has 8 nitrogen and oxygen atoms in total. The largest absolute Gasteiger partial charge is 0.495 e. The van der Waals surface area contributed by atoms with E-state index < -0.39 is 5.91 Å². The van der Waals surface area contributed by atoms with E-state index in [9.17, 15) is 4.79 Å². The Morgan fingerprint density at radius 2 is 2.00 bits per heavy atom.